The molecule has 8 heteroatoms. The number of aromatic nitrogens is 2. The van der Waals surface area contributed by atoms with Gasteiger partial charge in [-0.15, -0.1) is 0 Å². The standard InChI is InChI=1S/C29H25N3O5/c1-3-17-9-14-24(33)21(15-17)22-16-23(32-31-22)29(35)30-26-20-7-5-6-8-25(20)37-28(26)27(34)18-10-12-19(13-11-18)36-4-2/h5-16,33H,3-4H2,1-2H3,(H,30,35)(H,31,32). The van der Waals surface area contributed by atoms with Gasteiger partial charge in [0.25, 0.3) is 5.91 Å². The fraction of sp³-hybridized carbons (Fsp3) is 0.138. The fourth-order valence-corrected chi connectivity index (χ4v) is 4.09. The first-order valence-electron chi connectivity index (χ1n) is 12.0. The van der Waals surface area contributed by atoms with Crippen LogP contribution in [0.15, 0.2) is 77.2 Å². The minimum Gasteiger partial charge on any atom is -0.507 e. The number of nitrogens with zero attached hydrogens (tertiary/aromatic N) is 1. The van der Waals surface area contributed by atoms with Gasteiger partial charge in [0.15, 0.2) is 5.76 Å². The first-order chi connectivity index (χ1) is 18.0. The molecule has 0 spiro atoms. The third-order valence-electron chi connectivity index (χ3n) is 6.04. The summed E-state index contributed by atoms with van der Waals surface area (Å²) >= 11 is 0. The first kappa shape index (κ1) is 23.9. The highest BCUT2D eigenvalue weighted by Gasteiger charge is 2.24. The van der Waals surface area contributed by atoms with Crippen LogP contribution in [0.3, 0.4) is 0 Å². The number of nitrogens with one attached hydrogen (secondary N) is 2. The van der Waals surface area contributed by atoms with Gasteiger partial charge in [-0.05, 0) is 73.5 Å². The second-order valence-electron chi connectivity index (χ2n) is 8.41. The van der Waals surface area contributed by atoms with E-state index in [9.17, 15) is 14.7 Å². The van der Waals surface area contributed by atoms with Gasteiger partial charge < -0.3 is 19.6 Å². The molecule has 5 rings (SSSR count). The number of aromatic hydroxyl groups is 1. The van der Waals surface area contributed by atoms with Crippen LogP contribution in [0.1, 0.15) is 46.0 Å². The topological polar surface area (TPSA) is 117 Å². The molecule has 2 aromatic heterocycles. The van der Waals surface area contributed by atoms with E-state index in [0.717, 1.165) is 12.0 Å². The number of amides is 1. The number of phenols is 1. The Balaban J connectivity index is 1.47. The zero-order valence-corrected chi connectivity index (χ0v) is 20.4. The maximum atomic E-state index is 13.4. The lowest BCUT2D eigenvalue weighted by Crippen LogP contribution is -2.14. The summed E-state index contributed by atoms with van der Waals surface area (Å²) in [7, 11) is 0. The van der Waals surface area contributed by atoms with E-state index < -0.39 is 5.91 Å². The number of ketones is 1. The Morgan fingerprint density at radius 2 is 1.81 bits per heavy atom. The number of H-pyrrole nitrogens is 1. The number of furan rings is 1. The molecule has 0 aliphatic rings. The van der Waals surface area contributed by atoms with Gasteiger partial charge in [0.05, 0.1) is 18.0 Å². The Kier molecular flexibility index (Phi) is 6.47. The van der Waals surface area contributed by atoms with Crippen molar-refractivity contribution in [2.24, 2.45) is 0 Å². The summed E-state index contributed by atoms with van der Waals surface area (Å²) in [6.45, 7) is 4.42. The average molecular weight is 496 g/mol. The Labute approximate surface area is 212 Å². The number of aryl methyl sites for hydroxylation is 1. The van der Waals surface area contributed by atoms with Gasteiger partial charge in [-0.1, -0.05) is 25.1 Å². The second-order valence-corrected chi connectivity index (χ2v) is 8.41. The molecule has 0 radical (unpaired) electrons. The number of aromatic amines is 1. The molecule has 0 saturated carbocycles. The number of ether oxygens (including phenoxy) is 1. The van der Waals surface area contributed by atoms with E-state index in [2.05, 4.69) is 15.5 Å². The SMILES string of the molecule is CCOc1ccc(C(=O)c2oc3ccccc3c2NC(=O)c2cc(-c3cc(CC)ccc3O)n[nH]2)cc1. The summed E-state index contributed by atoms with van der Waals surface area (Å²) in [4.78, 5) is 26.6. The molecule has 0 fully saturated rings. The molecule has 1 amide bonds. The van der Waals surface area contributed by atoms with Crippen LogP contribution in [0.5, 0.6) is 11.5 Å². The molecule has 5 aromatic rings. The highest BCUT2D eigenvalue weighted by molar-refractivity contribution is 6.18. The molecule has 37 heavy (non-hydrogen) atoms. The molecular formula is C29H25N3O5. The van der Waals surface area contributed by atoms with Gasteiger partial charge in [0, 0.05) is 16.5 Å². The third-order valence-corrected chi connectivity index (χ3v) is 6.04. The lowest BCUT2D eigenvalue weighted by molar-refractivity contribution is 0.101. The number of carbonyl (C=O) groups is 2. The van der Waals surface area contributed by atoms with Crippen molar-refractivity contribution < 1.29 is 23.8 Å². The summed E-state index contributed by atoms with van der Waals surface area (Å²) in [6, 6.07) is 20.7. The highest BCUT2D eigenvalue weighted by atomic mass is 16.5. The number of rotatable bonds is 8. The maximum Gasteiger partial charge on any atom is 0.273 e. The van der Waals surface area contributed by atoms with E-state index in [-0.39, 0.29) is 28.7 Å². The number of phenolic OH excluding ortho intramolecular Hbond substituents is 1. The minimum absolute atomic E-state index is 0.0201. The number of anilines is 1. The van der Waals surface area contributed by atoms with Gasteiger partial charge in [-0.2, -0.15) is 5.10 Å². The van der Waals surface area contributed by atoms with Crippen molar-refractivity contribution in [3.8, 4) is 22.8 Å². The number of carbonyl (C=O) groups excluding carboxylic acids is 2. The minimum atomic E-state index is -0.503. The van der Waals surface area contributed by atoms with E-state index in [1.165, 1.54) is 0 Å². The summed E-state index contributed by atoms with van der Waals surface area (Å²) in [6.07, 6.45) is 0.795. The van der Waals surface area contributed by atoms with Crippen LogP contribution in [0.25, 0.3) is 22.2 Å². The van der Waals surface area contributed by atoms with Crippen LogP contribution >= 0.6 is 0 Å². The van der Waals surface area contributed by atoms with Crippen molar-refractivity contribution in [3.63, 3.8) is 0 Å². The zero-order valence-electron chi connectivity index (χ0n) is 20.4. The molecule has 0 saturated heterocycles. The zero-order chi connectivity index (χ0) is 25.9. The van der Waals surface area contributed by atoms with Gasteiger partial charge in [0.2, 0.25) is 5.78 Å². The van der Waals surface area contributed by atoms with E-state index in [4.69, 9.17) is 9.15 Å². The van der Waals surface area contributed by atoms with Gasteiger partial charge in [-0.3, -0.25) is 14.7 Å². The largest absolute Gasteiger partial charge is 0.507 e. The van der Waals surface area contributed by atoms with Crippen LogP contribution in [-0.4, -0.2) is 33.6 Å². The maximum absolute atomic E-state index is 13.4. The molecule has 0 bridgehead atoms. The monoisotopic (exact) mass is 495 g/mol. The fourth-order valence-electron chi connectivity index (χ4n) is 4.09. The Morgan fingerprint density at radius 1 is 1.03 bits per heavy atom. The molecular weight excluding hydrogens is 470 g/mol. The molecule has 2 heterocycles. The predicted molar refractivity (Wildman–Crippen MR) is 140 cm³/mol. The van der Waals surface area contributed by atoms with Crippen molar-refractivity contribution in [3.05, 3.63) is 95.4 Å². The molecule has 0 aliphatic heterocycles. The van der Waals surface area contributed by atoms with Crippen LogP contribution < -0.4 is 10.1 Å². The third kappa shape index (κ3) is 4.69. The second kappa shape index (κ2) is 10.0. The van der Waals surface area contributed by atoms with Crippen LogP contribution in [0.2, 0.25) is 0 Å². The smallest absolute Gasteiger partial charge is 0.273 e. The first-order valence-corrected chi connectivity index (χ1v) is 12.0. The van der Waals surface area contributed by atoms with Crippen LogP contribution in [-0.2, 0) is 6.42 Å². The number of para-hydroxylation sites is 1. The molecule has 0 unspecified atom stereocenters. The average Bonchev–Trinajstić information content (AvgIpc) is 3.55. The lowest BCUT2D eigenvalue weighted by Gasteiger charge is -2.06. The Hall–Kier alpha value is -4.85. The van der Waals surface area contributed by atoms with Crippen molar-refractivity contribution in [1.29, 1.82) is 0 Å². The number of fused-ring (bicyclic) bond motifs is 1. The van der Waals surface area contributed by atoms with Crippen molar-refractivity contribution in [2.75, 3.05) is 11.9 Å². The van der Waals surface area contributed by atoms with Gasteiger partial charge in [-0.25, -0.2) is 0 Å². The van der Waals surface area contributed by atoms with Crippen molar-refractivity contribution >= 4 is 28.3 Å². The van der Waals surface area contributed by atoms with E-state index in [0.29, 0.717) is 40.1 Å². The number of benzene rings is 3. The van der Waals surface area contributed by atoms with Crippen LogP contribution in [0, 0.1) is 0 Å². The summed E-state index contributed by atoms with van der Waals surface area (Å²) in [5.74, 6) is -0.132. The van der Waals surface area contributed by atoms with Crippen LogP contribution in [0.4, 0.5) is 5.69 Å². The summed E-state index contributed by atoms with van der Waals surface area (Å²) in [5.41, 5.74) is 3.29. The van der Waals surface area contributed by atoms with E-state index in [1.54, 1.807) is 60.7 Å². The number of hydrogen-bond donors (Lipinski definition) is 3. The van der Waals surface area contributed by atoms with Crippen molar-refractivity contribution in [2.45, 2.75) is 20.3 Å². The molecule has 0 atom stereocenters. The van der Waals surface area contributed by atoms with Gasteiger partial charge >= 0.3 is 0 Å². The Bertz CT molecular complexity index is 1600. The van der Waals surface area contributed by atoms with Gasteiger partial charge in [0.1, 0.15) is 22.8 Å². The molecule has 8 nitrogen and oxygen atoms in total. The molecule has 186 valence electrons. The molecule has 3 aromatic carbocycles. The highest BCUT2D eigenvalue weighted by Crippen LogP contribution is 2.34. The molecule has 3 N–H and O–H groups in total. The lowest BCUT2D eigenvalue weighted by atomic mass is 10.0. The van der Waals surface area contributed by atoms with E-state index in [1.807, 2.05) is 26.0 Å². The number of hydrogen-bond acceptors (Lipinski definition) is 6. The summed E-state index contributed by atoms with van der Waals surface area (Å²) < 4.78 is 11.3. The van der Waals surface area contributed by atoms with E-state index >= 15 is 0 Å². The Morgan fingerprint density at radius 3 is 2.57 bits per heavy atom. The quantitative estimate of drug-likeness (QED) is 0.228. The predicted octanol–water partition coefficient (Wildman–Crippen LogP) is 5.97. The summed E-state index contributed by atoms with van der Waals surface area (Å²) in [5, 5.41) is 20.7. The normalized spacial score (nSPS) is 11.0. The molecule has 0 aliphatic carbocycles. The van der Waals surface area contributed by atoms with Crippen molar-refractivity contribution in [1.82, 2.24) is 10.2 Å².